The Balaban J connectivity index is 2.05. The third-order valence-corrected chi connectivity index (χ3v) is 2.60. The van der Waals surface area contributed by atoms with Gasteiger partial charge >= 0.3 is 6.09 Å². The van der Waals surface area contributed by atoms with Crippen molar-refractivity contribution >= 4 is 23.0 Å². The van der Waals surface area contributed by atoms with Crippen molar-refractivity contribution in [1.29, 1.82) is 5.26 Å². The number of carbonyl (C=O) groups is 1. The largest absolute Gasteiger partial charge is 0.444 e. The number of H-pyrrole nitrogens is 1. The maximum atomic E-state index is 11.8. The molecule has 0 aliphatic rings. The summed E-state index contributed by atoms with van der Waals surface area (Å²) in [6, 6.07) is 8.93. The summed E-state index contributed by atoms with van der Waals surface area (Å²) >= 11 is 0. The summed E-state index contributed by atoms with van der Waals surface area (Å²) in [5, 5.41) is 27.9. The van der Waals surface area contributed by atoms with Crippen LogP contribution in [0.2, 0.25) is 0 Å². The molecule has 1 heterocycles. The van der Waals surface area contributed by atoms with E-state index >= 15 is 0 Å². The minimum Gasteiger partial charge on any atom is -0.444 e. The first-order valence-corrected chi connectivity index (χ1v) is 7.08. The summed E-state index contributed by atoms with van der Waals surface area (Å²) in [5.74, 6) is 0.188. The molecule has 9 heteroatoms. The van der Waals surface area contributed by atoms with E-state index in [-0.39, 0.29) is 11.4 Å². The van der Waals surface area contributed by atoms with E-state index < -0.39 is 11.7 Å². The van der Waals surface area contributed by atoms with Crippen LogP contribution in [-0.4, -0.2) is 32.3 Å². The van der Waals surface area contributed by atoms with Gasteiger partial charge in [0.15, 0.2) is 0 Å². The van der Waals surface area contributed by atoms with Gasteiger partial charge in [-0.2, -0.15) is 10.5 Å². The molecule has 0 aliphatic heterocycles. The molecular formula is C15H17N7O2. The summed E-state index contributed by atoms with van der Waals surface area (Å²) in [6.07, 6.45) is 0.914. The minimum absolute atomic E-state index is 0.188. The van der Waals surface area contributed by atoms with Gasteiger partial charge in [-0.25, -0.2) is 4.79 Å². The number of allylic oxidation sites excluding steroid dienone is 1. The number of benzene rings is 1. The number of nitriles is 1. The van der Waals surface area contributed by atoms with Gasteiger partial charge in [0.05, 0.1) is 0 Å². The van der Waals surface area contributed by atoms with Crippen LogP contribution < -0.4 is 10.6 Å². The number of carbonyl (C=O) groups excluding carboxylic acids is 1. The number of nitrogens with zero attached hydrogens (tertiary/aromatic N) is 4. The lowest BCUT2D eigenvalue weighted by Crippen LogP contribution is -2.27. The third-order valence-electron chi connectivity index (χ3n) is 2.60. The molecule has 0 fully saturated rings. The highest BCUT2D eigenvalue weighted by molar-refractivity contribution is 5.85. The third kappa shape index (κ3) is 5.10. The Morgan fingerprint density at radius 1 is 1.38 bits per heavy atom. The molecule has 124 valence electrons. The molecule has 0 unspecified atom stereocenters. The van der Waals surface area contributed by atoms with E-state index in [1.807, 2.05) is 6.07 Å². The zero-order chi connectivity index (χ0) is 17.6. The van der Waals surface area contributed by atoms with E-state index in [1.165, 1.54) is 6.20 Å². The van der Waals surface area contributed by atoms with Crippen molar-refractivity contribution in [2.75, 3.05) is 10.6 Å². The number of tetrazole rings is 1. The topological polar surface area (TPSA) is 129 Å². The number of hydrogen-bond acceptors (Lipinski definition) is 7. The SMILES string of the molecule is CC(C)(C)OC(=O)Nc1cccc(NC=C(C#N)c2nn[nH]n2)c1. The quantitative estimate of drug-likeness (QED) is 0.736. The van der Waals surface area contributed by atoms with Crippen molar-refractivity contribution in [3.8, 4) is 6.07 Å². The summed E-state index contributed by atoms with van der Waals surface area (Å²) in [4.78, 5) is 11.8. The maximum absolute atomic E-state index is 11.8. The molecule has 0 spiro atoms. The average Bonchev–Trinajstić information content (AvgIpc) is 3.00. The number of hydrogen-bond donors (Lipinski definition) is 3. The minimum atomic E-state index is -0.574. The molecule has 1 amide bonds. The van der Waals surface area contributed by atoms with E-state index in [0.29, 0.717) is 11.4 Å². The van der Waals surface area contributed by atoms with Gasteiger partial charge in [0, 0.05) is 17.6 Å². The van der Waals surface area contributed by atoms with E-state index in [4.69, 9.17) is 10.00 Å². The first-order valence-electron chi connectivity index (χ1n) is 7.08. The molecule has 24 heavy (non-hydrogen) atoms. The number of ether oxygens (including phenoxy) is 1. The van der Waals surface area contributed by atoms with Gasteiger partial charge in [0.25, 0.3) is 0 Å². The Bertz CT molecular complexity index is 770. The molecule has 2 rings (SSSR count). The number of anilines is 2. The van der Waals surface area contributed by atoms with Gasteiger partial charge in [0.2, 0.25) is 5.82 Å². The Hall–Kier alpha value is -3.41. The molecule has 0 bridgehead atoms. The van der Waals surface area contributed by atoms with Crippen molar-refractivity contribution in [3.63, 3.8) is 0 Å². The Morgan fingerprint density at radius 3 is 2.75 bits per heavy atom. The summed E-state index contributed by atoms with van der Waals surface area (Å²) in [7, 11) is 0. The second-order valence-corrected chi connectivity index (χ2v) is 5.76. The standard InChI is InChI=1S/C15H17N7O2/c1-15(2,3)24-14(23)18-12-6-4-5-11(7-12)17-9-10(8-16)13-19-21-22-20-13/h4-7,9,17H,1-3H3,(H,18,23)(H,19,20,21,22). The van der Waals surface area contributed by atoms with Crippen molar-refractivity contribution in [3.05, 3.63) is 36.3 Å². The van der Waals surface area contributed by atoms with Crippen LogP contribution in [0.25, 0.3) is 5.57 Å². The van der Waals surface area contributed by atoms with E-state index in [0.717, 1.165) is 0 Å². The number of nitrogens with one attached hydrogen (secondary N) is 3. The van der Waals surface area contributed by atoms with Gasteiger partial charge in [-0.1, -0.05) is 6.07 Å². The number of amides is 1. The molecule has 0 saturated heterocycles. The lowest BCUT2D eigenvalue weighted by molar-refractivity contribution is 0.0636. The van der Waals surface area contributed by atoms with Crippen LogP contribution in [0.1, 0.15) is 26.6 Å². The van der Waals surface area contributed by atoms with E-state index in [2.05, 4.69) is 31.3 Å². The Kier molecular flexibility index (Phi) is 5.11. The van der Waals surface area contributed by atoms with Gasteiger partial charge in [0.1, 0.15) is 17.2 Å². The molecule has 1 aromatic heterocycles. The van der Waals surface area contributed by atoms with Crippen LogP contribution in [-0.2, 0) is 4.74 Å². The fourth-order valence-corrected chi connectivity index (χ4v) is 1.69. The van der Waals surface area contributed by atoms with Crippen molar-refractivity contribution in [1.82, 2.24) is 20.6 Å². The molecule has 0 radical (unpaired) electrons. The lowest BCUT2D eigenvalue weighted by atomic mass is 10.2. The van der Waals surface area contributed by atoms with Crippen LogP contribution in [0.15, 0.2) is 30.5 Å². The highest BCUT2D eigenvalue weighted by atomic mass is 16.6. The zero-order valence-electron chi connectivity index (χ0n) is 13.5. The van der Waals surface area contributed by atoms with Crippen LogP contribution in [0.5, 0.6) is 0 Å². The highest BCUT2D eigenvalue weighted by Gasteiger charge is 2.16. The molecule has 9 nitrogen and oxygen atoms in total. The zero-order valence-corrected chi connectivity index (χ0v) is 13.5. The van der Waals surface area contributed by atoms with Crippen molar-refractivity contribution in [2.24, 2.45) is 0 Å². The van der Waals surface area contributed by atoms with Crippen LogP contribution >= 0.6 is 0 Å². The van der Waals surface area contributed by atoms with Crippen molar-refractivity contribution in [2.45, 2.75) is 26.4 Å². The number of aromatic amines is 1. The summed E-state index contributed by atoms with van der Waals surface area (Å²) in [6.45, 7) is 5.37. The fourth-order valence-electron chi connectivity index (χ4n) is 1.69. The van der Waals surface area contributed by atoms with Gasteiger partial charge in [-0.3, -0.25) is 5.32 Å². The fraction of sp³-hybridized carbons (Fsp3) is 0.267. The molecule has 0 aliphatic carbocycles. The Labute approximate surface area is 138 Å². The van der Waals surface area contributed by atoms with Crippen LogP contribution in [0, 0.1) is 11.3 Å². The predicted molar refractivity (Wildman–Crippen MR) is 87.7 cm³/mol. The monoisotopic (exact) mass is 327 g/mol. The molecule has 2 aromatic rings. The van der Waals surface area contributed by atoms with E-state index in [9.17, 15) is 4.79 Å². The van der Waals surface area contributed by atoms with Gasteiger partial charge in [-0.05, 0) is 44.2 Å². The van der Waals surface area contributed by atoms with Crippen molar-refractivity contribution < 1.29 is 9.53 Å². The summed E-state index contributed by atoms with van der Waals surface area (Å²) < 4.78 is 5.19. The van der Waals surface area contributed by atoms with Gasteiger partial charge in [-0.15, -0.1) is 10.2 Å². The van der Waals surface area contributed by atoms with Crippen LogP contribution in [0.3, 0.4) is 0 Å². The summed E-state index contributed by atoms with van der Waals surface area (Å²) in [5.41, 5.74) is 0.865. The molecule has 0 atom stereocenters. The smallest absolute Gasteiger partial charge is 0.412 e. The highest BCUT2D eigenvalue weighted by Crippen LogP contribution is 2.17. The average molecular weight is 327 g/mol. The number of rotatable bonds is 4. The first-order chi connectivity index (χ1) is 11.4. The molecule has 0 saturated carbocycles. The maximum Gasteiger partial charge on any atom is 0.412 e. The first kappa shape index (κ1) is 17.0. The molecular weight excluding hydrogens is 310 g/mol. The predicted octanol–water partition coefficient (Wildman–Crippen LogP) is 2.52. The van der Waals surface area contributed by atoms with Gasteiger partial charge < -0.3 is 10.1 Å². The lowest BCUT2D eigenvalue weighted by Gasteiger charge is -2.19. The second-order valence-electron chi connectivity index (χ2n) is 5.76. The normalized spacial score (nSPS) is 11.5. The molecule has 3 N–H and O–H groups in total. The second kappa shape index (κ2) is 7.23. The van der Waals surface area contributed by atoms with Crippen LogP contribution in [0.4, 0.5) is 16.2 Å². The molecule has 1 aromatic carbocycles. The number of aromatic nitrogens is 4. The Morgan fingerprint density at radius 2 is 2.12 bits per heavy atom. The van der Waals surface area contributed by atoms with E-state index in [1.54, 1.807) is 45.0 Å².